The quantitative estimate of drug-likeness (QED) is 0.825. The van der Waals surface area contributed by atoms with Crippen LogP contribution >= 0.6 is 0 Å². The van der Waals surface area contributed by atoms with Gasteiger partial charge in [-0.15, -0.1) is 0 Å². The van der Waals surface area contributed by atoms with E-state index in [1.165, 1.54) is 0 Å². The van der Waals surface area contributed by atoms with Gasteiger partial charge < -0.3 is 10.4 Å². The van der Waals surface area contributed by atoms with Crippen molar-refractivity contribution in [2.45, 2.75) is 13.5 Å². The van der Waals surface area contributed by atoms with Crippen LogP contribution in [0.5, 0.6) is 0 Å². The average molecular weight is 281 g/mol. The molecule has 0 saturated heterocycles. The Morgan fingerprint density at radius 1 is 1.24 bits per heavy atom. The van der Waals surface area contributed by atoms with E-state index in [9.17, 15) is 4.79 Å². The highest BCUT2D eigenvalue weighted by Gasteiger charge is 2.05. The van der Waals surface area contributed by atoms with Crippen LogP contribution in [-0.4, -0.2) is 27.6 Å². The summed E-state index contributed by atoms with van der Waals surface area (Å²) in [6.07, 6.45) is 3.30. The van der Waals surface area contributed by atoms with E-state index in [0.29, 0.717) is 17.8 Å². The third-order valence-corrected chi connectivity index (χ3v) is 2.72. The van der Waals surface area contributed by atoms with Crippen molar-refractivity contribution in [1.82, 2.24) is 15.3 Å². The number of amides is 1. The molecule has 0 spiro atoms. The molecule has 0 aliphatic carbocycles. The molecule has 0 atom stereocenters. The summed E-state index contributed by atoms with van der Waals surface area (Å²) in [6.45, 7) is 2.01. The fraction of sp³-hybridized carbons (Fsp3) is 0.188. The zero-order valence-electron chi connectivity index (χ0n) is 11.6. The Bertz CT molecular complexity index is 667. The highest BCUT2D eigenvalue weighted by molar-refractivity contribution is 5.94. The van der Waals surface area contributed by atoms with Crippen molar-refractivity contribution in [2.24, 2.45) is 0 Å². The fourth-order valence-electron chi connectivity index (χ4n) is 1.63. The molecule has 0 saturated carbocycles. The van der Waals surface area contributed by atoms with Crippen LogP contribution in [0.15, 0.2) is 36.7 Å². The van der Waals surface area contributed by atoms with Crippen molar-refractivity contribution in [3.05, 3.63) is 59.2 Å². The van der Waals surface area contributed by atoms with Gasteiger partial charge >= 0.3 is 0 Å². The molecule has 106 valence electrons. The van der Waals surface area contributed by atoms with E-state index >= 15 is 0 Å². The van der Waals surface area contributed by atoms with Crippen LogP contribution in [-0.2, 0) is 6.54 Å². The molecule has 1 amide bonds. The summed E-state index contributed by atoms with van der Waals surface area (Å²) < 4.78 is 0. The minimum Gasteiger partial charge on any atom is -0.384 e. The van der Waals surface area contributed by atoms with Crippen molar-refractivity contribution in [3.8, 4) is 11.8 Å². The number of aliphatic hydroxyl groups excluding tert-OH is 1. The number of carbonyl (C=O) groups is 1. The molecule has 0 aliphatic rings. The standard InChI is InChI=1S/C16H15N3O2/c1-12-9-18-15(10-17-12)11-19-16(21)14-6-4-13(5-7-14)3-2-8-20/h4-7,9-10,20H,8,11H2,1H3,(H,19,21). The summed E-state index contributed by atoms with van der Waals surface area (Å²) in [4.78, 5) is 20.3. The molecule has 5 heteroatoms. The predicted molar refractivity (Wildman–Crippen MR) is 78.3 cm³/mol. The number of hydrogen-bond donors (Lipinski definition) is 2. The summed E-state index contributed by atoms with van der Waals surface area (Å²) >= 11 is 0. The van der Waals surface area contributed by atoms with Crippen molar-refractivity contribution >= 4 is 5.91 Å². The van der Waals surface area contributed by atoms with Crippen molar-refractivity contribution in [3.63, 3.8) is 0 Å². The lowest BCUT2D eigenvalue weighted by atomic mass is 10.1. The molecule has 2 N–H and O–H groups in total. The number of nitrogens with one attached hydrogen (secondary N) is 1. The zero-order valence-corrected chi connectivity index (χ0v) is 11.6. The maximum Gasteiger partial charge on any atom is 0.251 e. The topological polar surface area (TPSA) is 75.1 Å². The molecule has 21 heavy (non-hydrogen) atoms. The van der Waals surface area contributed by atoms with Crippen LogP contribution in [0.1, 0.15) is 27.3 Å². The summed E-state index contributed by atoms with van der Waals surface area (Å²) in [6, 6.07) is 6.86. The summed E-state index contributed by atoms with van der Waals surface area (Å²) in [7, 11) is 0. The molecular weight excluding hydrogens is 266 g/mol. The Kier molecular flexibility index (Phi) is 5.02. The van der Waals surface area contributed by atoms with Crippen LogP contribution in [0, 0.1) is 18.8 Å². The minimum absolute atomic E-state index is 0.181. The molecule has 0 aliphatic heterocycles. The minimum atomic E-state index is -0.181. The number of aryl methyl sites for hydroxylation is 1. The van der Waals surface area contributed by atoms with Crippen LogP contribution in [0.25, 0.3) is 0 Å². The summed E-state index contributed by atoms with van der Waals surface area (Å²) in [5.41, 5.74) is 2.85. The zero-order chi connectivity index (χ0) is 15.1. The lowest BCUT2D eigenvalue weighted by Crippen LogP contribution is -2.23. The normalized spacial score (nSPS) is 9.62. The highest BCUT2D eigenvalue weighted by atomic mass is 16.2. The average Bonchev–Trinajstić information content (AvgIpc) is 2.52. The van der Waals surface area contributed by atoms with Gasteiger partial charge in [-0.3, -0.25) is 14.8 Å². The van der Waals surface area contributed by atoms with E-state index in [2.05, 4.69) is 27.1 Å². The summed E-state index contributed by atoms with van der Waals surface area (Å²) in [5.74, 6) is 5.15. The lowest BCUT2D eigenvalue weighted by Gasteiger charge is -2.05. The Labute approximate surface area is 123 Å². The number of hydrogen-bond acceptors (Lipinski definition) is 4. The smallest absolute Gasteiger partial charge is 0.251 e. The van der Waals surface area contributed by atoms with Gasteiger partial charge in [0.2, 0.25) is 0 Å². The lowest BCUT2D eigenvalue weighted by molar-refractivity contribution is 0.0950. The first-order valence-corrected chi connectivity index (χ1v) is 6.44. The monoisotopic (exact) mass is 281 g/mol. The molecule has 0 fully saturated rings. The second-order valence-corrected chi connectivity index (χ2v) is 4.37. The van der Waals surface area contributed by atoms with Gasteiger partial charge in [-0.05, 0) is 31.2 Å². The molecule has 0 bridgehead atoms. The van der Waals surface area contributed by atoms with Crippen molar-refractivity contribution in [1.29, 1.82) is 0 Å². The van der Waals surface area contributed by atoms with Gasteiger partial charge in [0.15, 0.2) is 0 Å². The summed E-state index contributed by atoms with van der Waals surface area (Å²) in [5, 5.41) is 11.4. The highest BCUT2D eigenvalue weighted by Crippen LogP contribution is 2.04. The van der Waals surface area contributed by atoms with E-state index < -0.39 is 0 Å². The third kappa shape index (κ3) is 4.41. The van der Waals surface area contributed by atoms with Gasteiger partial charge in [-0.1, -0.05) is 11.8 Å². The SMILES string of the molecule is Cc1cnc(CNC(=O)c2ccc(C#CCO)cc2)cn1. The van der Waals surface area contributed by atoms with Crippen LogP contribution < -0.4 is 5.32 Å². The Morgan fingerprint density at radius 3 is 2.62 bits per heavy atom. The predicted octanol–water partition coefficient (Wildman–Crippen LogP) is 1.06. The number of aliphatic hydroxyl groups is 1. The fourth-order valence-corrected chi connectivity index (χ4v) is 1.63. The molecule has 1 heterocycles. The first-order valence-electron chi connectivity index (χ1n) is 6.44. The first-order chi connectivity index (χ1) is 10.2. The second kappa shape index (κ2) is 7.17. The number of rotatable bonds is 3. The second-order valence-electron chi connectivity index (χ2n) is 4.37. The molecular formula is C16H15N3O2. The van der Waals surface area contributed by atoms with Gasteiger partial charge in [-0.25, -0.2) is 0 Å². The van der Waals surface area contributed by atoms with Gasteiger partial charge in [-0.2, -0.15) is 0 Å². The van der Waals surface area contributed by atoms with E-state index in [1.807, 2.05) is 6.92 Å². The molecule has 2 rings (SSSR count). The van der Waals surface area contributed by atoms with Crippen LogP contribution in [0.4, 0.5) is 0 Å². The Balaban J connectivity index is 1.95. The maximum atomic E-state index is 12.0. The van der Waals surface area contributed by atoms with Crippen LogP contribution in [0.2, 0.25) is 0 Å². The number of carbonyl (C=O) groups excluding carboxylic acids is 1. The van der Waals surface area contributed by atoms with E-state index in [-0.39, 0.29) is 12.5 Å². The molecule has 0 unspecified atom stereocenters. The molecule has 2 aromatic rings. The first kappa shape index (κ1) is 14.7. The van der Waals surface area contributed by atoms with E-state index in [4.69, 9.17) is 5.11 Å². The van der Waals surface area contributed by atoms with E-state index in [0.717, 1.165) is 11.3 Å². The number of aromatic nitrogens is 2. The van der Waals surface area contributed by atoms with Gasteiger partial charge in [0.05, 0.1) is 24.1 Å². The molecule has 1 aromatic carbocycles. The molecule has 5 nitrogen and oxygen atoms in total. The largest absolute Gasteiger partial charge is 0.384 e. The molecule has 1 aromatic heterocycles. The van der Waals surface area contributed by atoms with Crippen molar-refractivity contribution < 1.29 is 9.90 Å². The number of benzene rings is 1. The van der Waals surface area contributed by atoms with Crippen molar-refractivity contribution in [2.75, 3.05) is 6.61 Å². The van der Waals surface area contributed by atoms with Crippen LogP contribution in [0.3, 0.4) is 0 Å². The van der Waals surface area contributed by atoms with Gasteiger partial charge in [0.25, 0.3) is 5.91 Å². The maximum absolute atomic E-state index is 12.0. The molecule has 0 radical (unpaired) electrons. The van der Waals surface area contributed by atoms with Gasteiger partial charge in [0.1, 0.15) is 6.61 Å². The van der Waals surface area contributed by atoms with E-state index in [1.54, 1.807) is 36.7 Å². The Morgan fingerprint density at radius 2 is 2.00 bits per heavy atom. The number of nitrogens with zero attached hydrogens (tertiary/aromatic N) is 2. The third-order valence-electron chi connectivity index (χ3n) is 2.72. The Hall–Kier alpha value is -2.71. The van der Waals surface area contributed by atoms with Gasteiger partial charge in [0, 0.05) is 17.3 Å².